The Morgan fingerprint density at radius 1 is 1.47 bits per heavy atom. The van der Waals surface area contributed by atoms with Gasteiger partial charge in [-0.25, -0.2) is 0 Å². The van der Waals surface area contributed by atoms with E-state index in [9.17, 15) is 5.11 Å². The molecule has 2 unspecified atom stereocenters. The monoisotopic (exact) mass is 218 g/mol. The van der Waals surface area contributed by atoms with Gasteiger partial charge in [0.1, 0.15) is 6.61 Å². The van der Waals surface area contributed by atoms with Gasteiger partial charge in [0, 0.05) is 0 Å². The Kier molecular flexibility index (Phi) is 3.76. The van der Waals surface area contributed by atoms with Crippen molar-refractivity contribution in [2.75, 3.05) is 13.2 Å². The SMILES string of the molecule is CC1(C)OCC(OC(CO)C(C)(C)C)O1. The van der Waals surface area contributed by atoms with Gasteiger partial charge < -0.3 is 19.3 Å². The highest BCUT2D eigenvalue weighted by atomic mass is 16.8. The average molecular weight is 218 g/mol. The molecule has 0 aromatic rings. The summed E-state index contributed by atoms with van der Waals surface area (Å²) < 4.78 is 16.6. The maximum Gasteiger partial charge on any atom is 0.184 e. The first-order valence-corrected chi connectivity index (χ1v) is 5.33. The summed E-state index contributed by atoms with van der Waals surface area (Å²) in [5.74, 6) is -0.581. The van der Waals surface area contributed by atoms with E-state index < -0.39 is 5.79 Å². The standard InChI is InChI=1S/C11H22O4/c1-10(2,3)8(6-12)14-9-7-13-11(4,5)15-9/h8-9,12H,6-7H2,1-5H3. The van der Waals surface area contributed by atoms with E-state index in [4.69, 9.17) is 14.2 Å². The lowest BCUT2D eigenvalue weighted by Gasteiger charge is -2.31. The minimum Gasteiger partial charge on any atom is -0.394 e. The summed E-state index contributed by atoms with van der Waals surface area (Å²) in [4.78, 5) is 0. The molecule has 0 aliphatic carbocycles. The maximum atomic E-state index is 9.23. The van der Waals surface area contributed by atoms with Crippen LogP contribution in [0.15, 0.2) is 0 Å². The number of rotatable bonds is 3. The highest BCUT2D eigenvalue weighted by molar-refractivity contribution is 4.75. The molecular formula is C11H22O4. The van der Waals surface area contributed by atoms with Gasteiger partial charge >= 0.3 is 0 Å². The summed E-state index contributed by atoms with van der Waals surface area (Å²) in [6.45, 7) is 10.2. The molecule has 4 heteroatoms. The van der Waals surface area contributed by atoms with Crippen LogP contribution in [-0.4, -0.2) is 36.5 Å². The van der Waals surface area contributed by atoms with Crippen LogP contribution in [0.3, 0.4) is 0 Å². The second kappa shape index (κ2) is 4.37. The Labute approximate surface area is 91.5 Å². The van der Waals surface area contributed by atoms with Gasteiger partial charge in [-0.3, -0.25) is 0 Å². The molecular weight excluding hydrogens is 196 g/mol. The summed E-state index contributed by atoms with van der Waals surface area (Å²) in [5, 5.41) is 9.23. The second-order valence-corrected chi connectivity index (χ2v) is 5.43. The lowest BCUT2D eigenvalue weighted by Crippen LogP contribution is -2.37. The molecule has 15 heavy (non-hydrogen) atoms. The van der Waals surface area contributed by atoms with Crippen molar-refractivity contribution in [2.24, 2.45) is 5.41 Å². The molecule has 0 bridgehead atoms. The molecule has 1 heterocycles. The van der Waals surface area contributed by atoms with E-state index in [1.54, 1.807) is 0 Å². The van der Waals surface area contributed by atoms with Crippen LogP contribution in [-0.2, 0) is 14.2 Å². The Balaban J connectivity index is 2.48. The smallest absolute Gasteiger partial charge is 0.184 e. The van der Waals surface area contributed by atoms with Gasteiger partial charge in [-0.15, -0.1) is 0 Å². The highest BCUT2D eigenvalue weighted by Crippen LogP contribution is 2.28. The molecule has 1 aliphatic heterocycles. The zero-order valence-electron chi connectivity index (χ0n) is 10.2. The number of hydrogen-bond acceptors (Lipinski definition) is 4. The molecule has 1 aliphatic rings. The fourth-order valence-corrected chi connectivity index (χ4v) is 1.42. The van der Waals surface area contributed by atoms with Crippen molar-refractivity contribution in [1.82, 2.24) is 0 Å². The van der Waals surface area contributed by atoms with E-state index in [2.05, 4.69) is 0 Å². The normalized spacial score (nSPS) is 28.0. The number of ether oxygens (including phenoxy) is 3. The van der Waals surface area contributed by atoms with Crippen LogP contribution in [0.4, 0.5) is 0 Å². The lowest BCUT2D eigenvalue weighted by molar-refractivity contribution is -0.221. The molecule has 2 atom stereocenters. The molecule has 1 rings (SSSR count). The van der Waals surface area contributed by atoms with Gasteiger partial charge in [0.2, 0.25) is 0 Å². The molecule has 0 spiro atoms. The molecule has 0 aromatic carbocycles. The molecule has 0 amide bonds. The minimum absolute atomic E-state index is 0.0101. The third kappa shape index (κ3) is 3.72. The fourth-order valence-electron chi connectivity index (χ4n) is 1.42. The highest BCUT2D eigenvalue weighted by Gasteiger charge is 2.37. The molecule has 0 radical (unpaired) electrons. The summed E-state index contributed by atoms with van der Waals surface area (Å²) in [6.07, 6.45) is -0.614. The Morgan fingerprint density at radius 2 is 2.07 bits per heavy atom. The van der Waals surface area contributed by atoms with E-state index in [1.165, 1.54) is 0 Å². The molecule has 4 nitrogen and oxygen atoms in total. The van der Waals surface area contributed by atoms with Crippen LogP contribution < -0.4 is 0 Å². The zero-order valence-corrected chi connectivity index (χ0v) is 10.2. The summed E-state index contributed by atoms with van der Waals surface area (Å²) in [7, 11) is 0. The third-order valence-corrected chi connectivity index (χ3v) is 2.43. The van der Waals surface area contributed by atoms with Crippen LogP contribution in [0.1, 0.15) is 34.6 Å². The van der Waals surface area contributed by atoms with Gasteiger partial charge in [-0.1, -0.05) is 20.8 Å². The van der Waals surface area contributed by atoms with E-state index in [-0.39, 0.29) is 24.4 Å². The predicted molar refractivity (Wildman–Crippen MR) is 56.3 cm³/mol. The van der Waals surface area contributed by atoms with Crippen LogP contribution in [0.2, 0.25) is 0 Å². The van der Waals surface area contributed by atoms with Crippen LogP contribution >= 0.6 is 0 Å². The topological polar surface area (TPSA) is 47.9 Å². The van der Waals surface area contributed by atoms with Crippen molar-refractivity contribution in [3.8, 4) is 0 Å². The third-order valence-electron chi connectivity index (χ3n) is 2.43. The van der Waals surface area contributed by atoms with Gasteiger partial charge in [0.05, 0.1) is 12.7 Å². The first kappa shape index (κ1) is 12.9. The summed E-state index contributed by atoms with van der Waals surface area (Å²) in [5.41, 5.74) is -0.106. The Morgan fingerprint density at radius 3 is 2.40 bits per heavy atom. The van der Waals surface area contributed by atoms with Gasteiger partial charge in [0.15, 0.2) is 12.1 Å². The van der Waals surface area contributed by atoms with Crippen molar-refractivity contribution in [1.29, 1.82) is 0 Å². The minimum atomic E-state index is -0.581. The van der Waals surface area contributed by atoms with Crippen LogP contribution in [0, 0.1) is 5.41 Å². The van der Waals surface area contributed by atoms with Gasteiger partial charge in [-0.05, 0) is 19.3 Å². The van der Waals surface area contributed by atoms with Crippen molar-refractivity contribution in [3.05, 3.63) is 0 Å². The van der Waals surface area contributed by atoms with E-state index in [0.717, 1.165) is 0 Å². The van der Waals surface area contributed by atoms with Crippen LogP contribution in [0.25, 0.3) is 0 Å². The quantitative estimate of drug-likeness (QED) is 0.780. The Bertz CT molecular complexity index is 207. The van der Waals surface area contributed by atoms with E-state index in [1.807, 2.05) is 34.6 Å². The molecule has 1 saturated heterocycles. The zero-order chi connectivity index (χ0) is 11.7. The van der Waals surface area contributed by atoms with Crippen molar-refractivity contribution in [2.45, 2.75) is 52.8 Å². The van der Waals surface area contributed by atoms with E-state index >= 15 is 0 Å². The largest absolute Gasteiger partial charge is 0.394 e. The number of aliphatic hydroxyl groups is 1. The fraction of sp³-hybridized carbons (Fsp3) is 1.00. The van der Waals surface area contributed by atoms with Crippen molar-refractivity contribution in [3.63, 3.8) is 0 Å². The van der Waals surface area contributed by atoms with Crippen molar-refractivity contribution >= 4 is 0 Å². The number of aliphatic hydroxyl groups excluding tert-OH is 1. The maximum absolute atomic E-state index is 9.23. The summed E-state index contributed by atoms with van der Waals surface area (Å²) >= 11 is 0. The first-order valence-electron chi connectivity index (χ1n) is 5.33. The molecule has 0 aromatic heterocycles. The average Bonchev–Trinajstić information content (AvgIpc) is 2.39. The number of hydrogen-bond donors (Lipinski definition) is 1. The molecule has 1 N–H and O–H groups in total. The van der Waals surface area contributed by atoms with Crippen LogP contribution in [0.5, 0.6) is 0 Å². The Hall–Kier alpha value is -0.160. The van der Waals surface area contributed by atoms with E-state index in [0.29, 0.717) is 6.61 Å². The molecule has 0 saturated carbocycles. The molecule has 1 fully saturated rings. The predicted octanol–water partition coefficient (Wildman–Crippen LogP) is 1.52. The first-order chi connectivity index (χ1) is 6.74. The summed E-state index contributed by atoms with van der Waals surface area (Å²) in [6, 6.07) is 0. The van der Waals surface area contributed by atoms with Crippen molar-refractivity contribution < 1.29 is 19.3 Å². The van der Waals surface area contributed by atoms with Gasteiger partial charge in [-0.2, -0.15) is 0 Å². The lowest BCUT2D eigenvalue weighted by atomic mass is 9.89. The molecule has 90 valence electrons. The van der Waals surface area contributed by atoms with Gasteiger partial charge in [0.25, 0.3) is 0 Å². The second-order valence-electron chi connectivity index (χ2n) is 5.43.